The summed E-state index contributed by atoms with van der Waals surface area (Å²) >= 11 is 0. The number of carbonyl (C=O) groups is 2. The van der Waals surface area contributed by atoms with Gasteiger partial charge in [-0.15, -0.1) is 0 Å². The van der Waals surface area contributed by atoms with E-state index in [1.54, 1.807) is 18.2 Å². The van der Waals surface area contributed by atoms with E-state index in [1.165, 1.54) is 11.6 Å². The molecule has 0 aromatic heterocycles. The van der Waals surface area contributed by atoms with E-state index in [1.807, 2.05) is 73.7 Å². The number of hydrogen-bond donors (Lipinski definition) is 2. The molecule has 0 heterocycles. The Labute approximate surface area is 195 Å². The van der Waals surface area contributed by atoms with Crippen LogP contribution in [0.4, 0.5) is 5.69 Å². The number of anilines is 1. The molecule has 3 rings (SSSR count). The molecule has 0 radical (unpaired) electrons. The number of nitrogens with one attached hydrogen (secondary N) is 2. The van der Waals surface area contributed by atoms with Crippen LogP contribution >= 0.6 is 0 Å². The first-order valence-electron chi connectivity index (χ1n) is 10.8. The quantitative estimate of drug-likeness (QED) is 0.290. The number of hydrazone groups is 1. The van der Waals surface area contributed by atoms with Gasteiger partial charge in [-0.2, -0.15) is 5.10 Å². The van der Waals surface area contributed by atoms with E-state index < -0.39 is 0 Å². The van der Waals surface area contributed by atoms with Gasteiger partial charge in [0.1, 0.15) is 0 Å². The predicted molar refractivity (Wildman–Crippen MR) is 135 cm³/mol. The number of nitrogens with zero attached hydrogens (tertiary/aromatic N) is 1. The van der Waals surface area contributed by atoms with E-state index in [2.05, 4.69) is 36.6 Å². The molecule has 0 aliphatic carbocycles. The Morgan fingerprint density at radius 2 is 1.42 bits per heavy atom. The van der Waals surface area contributed by atoms with Crippen LogP contribution < -0.4 is 10.7 Å². The fraction of sp³-hybridized carbons (Fsp3) is 0.179. The largest absolute Gasteiger partial charge is 0.323 e. The molecule has 3 aromatic carbocycles. The number of hydrogen-bond acceptors (Lipinski definition) is 3. The van der Waals surface area contributed by atoms with Crippen molar-refractivity contribution < 1.29 is 9.59 Å². The summed E-state index contributed by atoms with van der Waals surface area (Å²) in [6.07, 6.45) is 3.26. The third kappa shape index (κ3) is 7.01. The molecule has 3 aromatic rings. The van der Waals surface area contributed by atoms with Crippen molar-refractivity contribution in [2.24, 2.45) is 5.10 Å². The lowest BCUT2D eigenvalue weighted by Gasteiger charge is -2.18. The molecule has 0 saturated carbocycles. The van der Waals surface area contributed by atoms with Gasteiger partial charge in [0.25, 0.3) is 5.91 Å². The number of rotatable bonds is 6. The third-order valence-electron chi connectivity index (χ3n) is 5.14. The van der Waals surface area contributed by atoms with E-state index in [-0.39, 0.29) is 17.2 Å². The number of carbonyl (C=O) groups excluding carboxylic acids is 2. The highest BCUT2D eigenvalue weighted by atomic mass is 16.2. The minimum absolute atomic E-state index is 0.0353. The maximum Gasteiger partial charge on any atom is 0.271 e. The average Bonchev–Trinajstić information content (AvgIpc) is 2.81. The van der Waals surface area contributed by atoms with Crippen LogP contribution in [0.3, 0.4) is 0 Å². The number of benzene rings is 3. The van der Waals surface area contributed by atoms with Crippen LogP contribution in [-0.2, 0) is 10.2 Å². The zero-order valence-corrected chi connectivity index (χ0v) is 19.4. The standard InChI is InChI=1S/C28H29N3O2/c1-20(30-31-27(33)23-11-15-24(16-12-23)28(2,3)4)22-13-17-25(18-14-22)29-26(32)19-10-21-8-6-5-7-9-21/h5-19H,1-4H3,(H,29,32)(H,31,33)/b19-10+,30-20+. The van der Waals surface area contributed by atoms with Gasteiger partial charge in [0.05, 0.1) is 5.71 Å². The average molecular weight is 440 g/mol. The lowest BCUT2D eigenvalue weighted by atomic mass is 9.87. The van der Waals surface area contributed by atoms with Crippen molar-refractivity contribution in [2.45, 2.75) is 33.1 Å². The van der Waals surface area contributed by atoms with Crippen LogP contribution in [0.1, 0.15) is 54.7 Å². The highest BCUT2D eigenvalue weighted by Gasteiger charge is 2.14. The third-order valence-corrected chi connectivity index (χ3v) is 5.14. The van der Waals surface area contributed by atoms with Crippen molar-refractivity contribution in [3.63, 3.8) is 0 Å². The topological polar surface area (TPSA) is 70.6 Å². The van der Waals surface area contributed by atoms with Gasteiger partial charge in [-0.05, 0) is 59.4 Å². The van der Waals surface area contributed by atoms with Crippen molar-refractivity contribution >= 4 is 29.3 Å². The fourth-order valence-electron chi connectivity index (χ4n) is 3.10. The minimum Gasteiger partial charge on any atom is -0.323 e. The van der Waals surface area contributed by atoms with Crippen molar-refractivity contribution in [3.8, 4) is 0 Å². The number of amides is 2. The Hall–Kier alpha value is -3.99. The first-order chi connectivity index (χ1) is 15.7. The molecule has 0 unspecified atom stereocenters. The second kappa shape index (κ2) is 10.6. The van der Waals surface area contributed by atoms with Crippen LogP contribution in [0.15, 0.2) is 90.0 Å². The zero-order chi connectivity index (χ0) is 23.8. The summed E-state index contributed by atoms with van der Waals surface area (Å²) in [5, 5.41) is 7.04. The summed E-state index contributed by atoms with van der Waals surface area (Å²) in [5.41, 5.74) is 7.51. The van der Waals surface area contributed by atoms with E-state index >= 15 is 0 Å². The summed E-state index contributed by atoms with van der Waals surface area (Å²) < 4.78 is 0. The Kier molecular flexibility index (Phi) is 7.57. The second-order valence-electron chi connectivity index (χ2n) is 8.78. The molecule has 2 amide bonds. The lowest BCUT2D eigenvalue weighted by molar-refractivity contribution is -0.111. The Morgan fingerprint density at radius 1 is 0.818 bits per heavy atom. The summed E-state index contributed by atoms with van der Waals surface area (Å²) in [6, 6.07) is 24.5. The van der Waals surface area contributed by atoms with E-state index in [9.17, 15) is 9.59 Å². The van der Waals surface area contributed by atoms with Crippen LogP contribution in [-0.4, -0.2) is 17.5 Å². The van der Waals surface area contributed by atoms with Crippen molar-refractivity contribution in [2.75, 3.05) is 5.32 Å². The Bertz CT molecular complexity index is 1150. The maximum atomic E-state index is 12.4. The van der Waals surface area contributed by atoms with Gasteiger partial charge in [0, 0.05) is 17.3 Å². The molecule has 5 heteroatoms. The Balaban J connectivity index is 1.56. The molecule has 0 aliphatic heterocycles. The van der Waals surface area contributed by atoms with Gasteiger partial charge >= 0.3 is 0 Å². The van der Waals surface area contributed by atoms with Crippen LogP contribution in [0.5, 0.6) is 0 Å². The minimum atomic E-state index is -0.260. The van der Waals surface area contributed by atoms with Crippen molar-refractivity contribution in [1.29, 1.82) is 0 Å². The van der Waals surface area contributed by atoms with Crippen molar-refractivity contribution in [3.05, 3.63) is 107 Å². The van der Waals surface area contributed by atoms with Gasteiger partial charge in [0.2, 0.25) is 5.91 Å². The first kappa shape index (κ1) is 23.7. The maximum absolute atomic E-state index is 12.4. The van der Waals surface area contributed by atoms with Crippen LogP contribution in [0, 0.1) is 0 Å². The summed E-state index contributed by atoms with van der Waals surface area (Å²) in [6.45, 7) is 8.22. The van der Waals surface area contributed by atoms with Crippen LogP contribution in [0.25, 0.3) is 6.08 Å². The van der Waals surface area contributed by atoms with E-state index in [0.29, 0.717) is 17.0 Å². The molecule has 168 valence electrons. The highest BCUT2D eigenvalue weighted by Crippen LogP contribution is 2.22. The fourth-order valence-corrected chi connectivity index (χ4v) is 3.10. The molecule has 33 heavy (non-hydrogen) atoms. The van der Waals surface area contributed by atoms with Gasteiger partial charge in [-0.3, -0.25) is 9.59 Å². The second-order valence-corrected chi connectivity index (χ2v) is 8.78. The monoisotopic (exact) mass is 439 g/mol. The molecule has 0 aliphatic rings. The molecule has 2 N–H and O–H groups in total. The van der Waals surface area contributed by atoms with E-state index in [4.69, 9.17) is 0 Å². The molecular formula is C28H29N3O2. The molecule has 0 saturated heterocycles. The predicted octanol–water partition coefficient (Wildman–Crippen LogP) is 5.79. The summed E-state index contributed by atoms with van der Waals surface area (Å²) in [4.78, 5) is 24.5. The lowest BCUT2D eigenvalue weighted by Crippen LogP contribution is -2.20. The molecule has 0 spiro atoms. The van der Waals surface area contributed by atoms with Crippen LogP contribution in [0.2, 0.25) is 0 Å². The molecule has 0 bridgehead atoms. The molecular weight excluding hydrogens is 410 g/mol. The van der Waals surface area contributed by atoms with Gasteiger partial charge in [-0.1, -0.05) is 75.4 Å². The van der Waals surface area contributed by atoms with Gasteiger partial charge < -0.3 is 5.32 Å². The zero-order valence-electron chi connectivity index (χ0n) is 19.4. The molecule has 0 atom stereocenters. The van der Waals surface area contributed by atoms with Gasteiger partial charge in [-0.25, -0.2) is 5.43 Å². The SMILES string of the molecule is C/C(=N\NC(=O)c1ccc(C(C)(C)C)cc1)c1ccc(NC(=O)/C=C/c2ccccc2)cc1. The van der Waals surface area contributed by atoms with E-state index in [0.717, 1.165) is 11.1 Å². The molecule has 0 fully saturated rings. The normalized spacial score (nSPS) is 11.9. The summed E-state index contributed by atoms with van der Waals surface area (Å²) in [7, 11) is 0. The smallest absolute Gasteiger partial charge is 0.271 e. The summed E-state index contributed by atoms with van der Waals surface area (Å²) in [5.74, 6) is -0.467. The van der Waals surface area contributed by atoms with Crippen molar-refractivity contribution in [1.82, 2.24) is 5.43 Å². The first-order valence-corrected chi connectivity index (χ1v) is 10.8. The molecule has 5 nitrogen and oxygen atoms in total. The van der Waals surface area contributed by atoms with Gasteiger partial charge in [0.15, 0.2) is 0 Å². The Morgan fingerprint density at radius 3 is 2.03 bits per heavy atom. The highest BCUT2D eigenvalue weighted by molar-refractivity contribution is 6.03.